The molecule has 0 heterocycles. The Morgan fingerprint density at radius 3 is 2.09 bits per heavy atom. The van der Waals surface area contributed by atoms with Gasteiger partial charge >= 0.3 is 0 Å². The molecule has 0 unspecified atom stereocenters. The lowest BCUT2D eigenvalue weighted by molar-refractivity contribution is 0.675. The van der Waals surface area contributed by atoms with Crippen LogP contribution in [0.4, 0.5) is 0 Å². The van der Waals surface area contributed by atoms with E-state index in [-0.39, 0.29) is 0 Å². The van der Waals surface area contributed by atoms with E-state index in [1.807, 2.05) is 6.08 Å². The highest BCUT2D eigenvalue weighted by Crippen LogP contribution is 2.01. The Hall–Kier alpha value is -0.740. The van der Waals surface area contributed by atoms with Crippen molar-refractivity contribution in [1.82, 2.24) is 0 Å². The highest BCUT2D eigenvalue weighted by atomic mass is 13.9. The van der Waals surface area contributed by atoms with Crippen LogP contribution in [0.25, 0.3) is 0 Å². The summed E-state index contributed by atoms with van der Waals surface area (Å²) < 4.78 is 0. The van der Waals surface area contributed by atoms with Gasteiger partial charge in [-0.3, -0.25) is 0 Å². The predicted molar refractivity (Wildman–Crippen MR) is 53.7 cm³/mol. The first-order valence-electron chi connectivity index (χ1n) is 4.23. The molecule has 0 radical (unpaired) electrons. The Morgan fingerprint density at radius 1 is 1.18 bits per heavy atom. The molecule has 0 saturated carbocycles. The molecule has 0 aliphatic rings. The van der Waals surface area contributed by atoms with Gasteiger partial charge in [0.2, 0.25) is 0 Å². The third-order valence-corrected chi connectivity index (χ3v) is 1.26. The van der Waals surface area contributed by atoms with E-state index < -0.39 is 0 Å². The molecule has 0 rings (SSSR count). The molecule has 0 bridgehead atoms. The van der Waals surface area contributed by atoms with Gasteiger partial charge in [-0.1, -0.05) is 45.4 Å². The second-order valence-electron chi connectivity index (χ2n) is 2.39. The minimum absolute atomic E-state index is 1.19. The lowest BCUT2D eigenvalue weighted by Gasteiger charge is -1.91. The molecule has 0 nitrogen and oxygen atoms in total. The standard InChI is InChI=1S/C8H16.C3H4/c1-3-5-7-8-6-4-2;1-3-2/h3H,1,4-8H2,2H3;1-2H2. The molecule has 0 heteroatoms. The lowest BCUT2D eigenvalue weighted by Crippen LogP contribution is -1.71. The van der Waals surface area contributed by atoms with E-state index in [0.29, 0.717) is 0 Å². The fourth-order valence-corrected chi connectivity index (χ4v) is 0.715. The molecule has 0 spiro atoms. The van der Waals surface area contributed by atoms with Crippen LogP contribution < -0.4 is 0 Å². The molecule has 11 heavy (non-hydrogen) atoms. The van der Waals surface area contributed by atoms with Gasteiger partial charge in [0.05, 0.1) is 0 Å². The molecule has 0 saturated heterocycles. The number of hydrogen-bond donors (Lipinski definition) is 0. The van der Waals surface area contributed by atoms with E-state index in [9.17, 15) is 0 Å². The molecule has 0 atom stereocenters. The molecule has 0 aliphatic heterocycles. The quantitative estimate of drug-likeness (QED) is 0.316. The van der Waals surface area contributed by atoms with Gasteiger partial charge in [-0.15, -0.1) is 12.3 Å². The largest absolute Gasteiger partial charge is 0.137 e. The van der Waals surface area contributed by atoms with Gasteiger partial charge in [-0.05, 0) is 12.8 Å². The lowest BCUT2D eigenvalue weighted by atomic mass is 10.2. The predicted octanol–water partition coefficient (Wildman–Crippen LogP) is 4.10. The summed E-state index contributed by atoms with van der Waals surface area (Å²) in [4.78, 5) is 0. The molecule has 0 aromatic carbocycles. The van der Waals surface area contributed by atoms with Gasteiger partial charge in [0.25, 0.3) is 0 Å². The van der Waals surface area contributed by atoms with E-state index in [0.717, 1.165) is 0 Å². The first-order chi connectivity index (χ1) is 5.33. The van der Waals surface area contributed by atoms with Gasteiger partial charge in [-0.25, -0.2) is 0 Å². The van der Waals surface area contributed by atoms with Crippen molar-refractivity contribution < 1.29 is 0 Å². The van der Waals surface area contributed by atoms with Crippen molar-refractivity contribution in [2.45, 2.75) is 39.0 Å². The third kappa shape index (κ3) is 26.9. The minimum Gasteiger partial charge on any atom is -0.137 e. The topological polar surface area (TPSA) is 0 Å². The average molecular weight is 152 g/mol. The highest BCUT2D eigenvalue weighted by molar-refractivity contribution is 4.64. The van der Waals surface area contributed by atoms with Gasteiger partial charge in [0.15, 0.2) is 0 Å². The maximum atomic E-state index is 3.66. The first kappa shape index (κ1) is 12.9. The summed E-state index contributed by atoms with van der Waals surface area (Å²) in [5, 5.41) is 0. The Kier molecular flexibility index (Phi) is 18.9. The minimum atomic E-state index is 1.19. The molecule has 0 fully saturated rings. The summed E-state index contributed by atoms with van der Waals surface area (Å²) in [7, 11) is 0. The van der Waals surface area contributed by atoms with Crippen LogP contribution in [0, 0.1) is 0 Å². The van der Waals surface area contributed by atoms with Crippen LogP contribution in [-0.4, -0.2) is 0 Å². The third-order valence-electron chi connectivity index (χ3n) is 1.26. The van der Waals surface area contributed by atoms with Crippen LogP contribution in [0.5, 0.6) is 0 Å². The van der Waals surface area contributed by atoms with Crippen molar-refractivity contribution in [3.05, 3.63) is 31.5 Å². The van der Waals surface area contributed by atoms with Crippen molar-refractivity contribution >= 4 is 0 Å². The summed E-state index contributed by atoms with van der Waals surface area (Å²) in [5.41, 5.74) is 2.25. The normalized spacial score (nSPS) is 7.36. The van der Waals surface area contributed by atoms with E-state index in [2.05, 4.69) is 32.4 Å². The van der Waals surface area contributed by atoms with Gasteiger partial charge in [0, 0.05) is 0 Å². The van der Waals surface area contributed by atoms with Crippen LogP contribution in [0.15, 0.2) is 31.5 Å². The summed E-state index contributed by atoms with van der Waals surface area (Å²) in [6.07, 6.45) is 8.61. The molecule has 0 aromatic rings. The van der Waals surface area contributed by atoms with Crippen LogP contribution >= 0.6 is 0 Å². The first-order valence-corrected chi connectivity index (χ1v) is 4.23. The summed E-state index contributed by atoms with van der Waals surface area (Å²) in [5.74, 6) is 0. The molecule has 0 aromatic heterocycles. The zero-order valence-corrected chi connectivity index (χ0v) is 7.73. The second-order valence-corrected chi connectivity index (χ2v) is 2.39. The molecular weight excluding hydrogens is 132 g/mol. The monoisotopic (exact) mass is 152 g/mol. The Labute approximate surface area is 71.3 Å². The van der Waals surface area contributed by atoms with Gasteiger partial charge in [0.1, 0.15) is 0 Å². The van der Waals surface area contributed by atoms with Crippen molar-refractivity contribution in [2.24, 2.45) is 0 Å². The highest BCUT2D eigenvalue weighted by Gasteiger charge is 1.81. The van der Waals surface area contributed by atoms with Crippen LogP contribution in [0.1, 0.15) is 39.0 Å². The van der Waals surface area contributed by atoms with E-state index in [1.54, 1.807) is 0 Å². The van der Waals surface area contributed by atoms with Crippen molar-refractivity contribution in [1.29, 1.82) is 0 Å². The summed E-state index contributed by atoms with van der Waals surface area (Å²) in [6, 6.07) is 0. The van der Waals surface area contributed by atoms with Gasteiger partial charge < -0.3 is 0 Å². The zero-order chi connectivity index (χ0) is 8.95. The fraction of sp³-hybridized carbons (Fsp3) is 0.545. The molecule has 0 N–H and O–H groups in total. The van der Waals surface area contributed by atoms with E-state index in [4.69, 9.17) is 0 Å². The van der Waals surface area contributed by atoms with Crippen molar-refractivity contribution in [2.75, 3.05) is 0 Å². The van der Waals surface area contributed by atoms with E-state index in [1.165, 1.54) is 32.1 Å². The molecule has 64 valence electrons. The zero-order valence-electron chi connectivity index (χ0n) is 7.73. The summed E-state index contributed by atoms with van der Waals surface area (Å²) >= 11 is 0. The Bertz CT molecular complexity index is 94.6. The van der Waals surface area contributed by atoms with Crippen LogP contribution in [0.2, 0.25) is 0 Å². The van der Waals surface area contributed by atoms with Crippen LogP contribution in [-0.2, 0) is 0 Å². The maximum Gasteiger partial charge on any atom is -0.0353 e. The molecule has 0 aliphatic carbocycles. The number of rotatable bonds is 5. The molecule has 0 amide bonds. The Balaban J connectivity index is 0. The van der Waals surface area contributed by atoms with Crippen molar-refractivity contribution in [3.63, 3.8) is 0 Å². The van der Waals surface area contributed by atoms with Crippen molar-refractivity contribution in [3.8, 4) is 0 Å². The fourth-order valence-electron chi connectivity index (χ4n) is 0.715. The van der Waals surface area contributed by atoms with E-state index >= 15 is 0 Å². The Morgan fingerprint density at radius 2 is 1.73 bits per heavy atom. The second kappa shape index (κ2) is 16.1. The van der Waals surface area contributed by atoms with Gasteiger partial charge in [-0.2, -0.15) is 0 Å². The number of unbranched alkanes of at least 4 members (excludes halogenated alkanes) is 4. The smallest absolute Gasteiger partial charge is 0.0353 e. The molecular formula is C11H20. The maximum absolute atomic E-state index is 3.66. The summed E-state index contributed by atoms with van der Waals surface area (Å²) in [6.45, 7) is 12.1. The SMILES string of the molecule is C=C=C.C=CCCCCCC. The number of allylic oxidation sites excluding steroid dienone is 1. The average Bonchev–Trinajstić information content (AvgIpc) is 2.00. The number of hydrogen-bond acceptors (Lipinski definition) is 0. The van der Waals surface area contributed by atoms with Crippen LogP contribution in [0.3, 0.4) is 0 Å².